The predicted octanol–water partition coefficient (Wildman–Crippen LogP) is 2.98. The van der Waals surface area contributed by atoms with Crippen LogP contribution in [0.5, 0.6) is 5.75 Å². The molecule has 0 N–H and O–H groups in total. The maximum atomic E-state index is 12.8. The third kappa shape index (κ3) is 5.17. The summed E-state index contributed by atoms with van der Waals surface area (Å²) in [5, 5.41) is 0. The summed E-state index contributed by atoms with van der Waals surface area (Å²) in [4.78, 5) is 42.7. The lowest BCUT2D eigenvalue weighted by molar-refractivity contribution is -0.130. The fourth-order valence-electron chi connectivity index (χ4n) is 4.68. The maximum Gasteiger partial charge on any atom is 0.259 e. The molecule has 1 unspecified atom stereocenters. The fourth-order valence-corrected chi connectivity index (χ4v) is 4.68. The second-order valence-corrected chi connectivity index (χ2v) is 9.28. The van der Waals surface area contributed by atoms with Crippen LogP contribution in [0, 0.1) is 0 Å². The molecule has 0 spiro atoms. The van der Waals surface area contributed by atoms with Crippen LogP contribution in [0.3, 0.4) is 0 Å². The number of nitrogens with zero attached hydrogens (tertiary/aromatic N) is 3. The van der Waals surface area contributed by atoms with E-state index in [4.69, 9.17) is 9.47 Å². The molecule has 4 rings (SSSR count). The van der Waals surface area contributed by atoms with Crippen LogP contribution in [-0.4, -0.2) is 80.6 Å². The van der Waals surface area contributed by atoms with Gasteiger partial charge in [0.2, 0.25) is 5.91 Å². The summed E-state index contributed by atoms with van der Waals surface area (Å²) in [6.45, 7) is 5.81. The van der Waals surface area contributed by atoms with Gasteiger partial charge in [0.25, 0.3) is 11.8 Å². The maximum absolute atomic E-state index is 12.8. The molecule has 2 aliphatic rings. The highest BCUT2D eigenvalue weighted by molar-refractivity contribution is 5.96. The first-order valence-corrected chi connectivity index (χ1v) is 12.0. The number of ether oxygens (including phenoxy) is 2. The lowest BCUT2D eigenvalue weighted by Crippen LogP contribution is -2.41. The summed E-state index contributed by atoms with van der Waals surface area (Å²) in [5.74, 6) is 0.438. The zero-order chi connectivity index (χ0) is 25.1. The Labute approximate surface area is 206 Å². The number of amides is 3. The van der Waals surface area contributed by atoms with Gasteiger partial charge in [-0.05, 0) is 49.6 Å². The van der Waals surface area contributed by atoms with E-state index in [9.17, 15) is 14.4 Å². The van der Waals surface area contributed by atoms with Gasteiger partial charge in [0, 0.05) is 56.8 Å². The van der Waals surface area contributed by atoms with Gasteiger partial charge in [-0.25, -0.2) is 0 Å². The van der Waals surface area contributed by atoms with Crippen molar-refractivity contribution in [3.63, 3.8) is 0 Å². The van der Waals surface area contributed by atoms with Gasteiger partial charge in [-0.1, -0.05) is 12.1 Å². The van der Waals surface area contributed by atoms with Gasteiger partial charge in [-0.2, -0.15) is 0 Å². The Balaban J connectivity index is 1.70. The lowest BCUT2D eigenvalue weighted by Gasteiger charge is -2.36. The normalized spacial score (nSPS) is 17.5. The standard InChI is InChI=1S/C27H33N3O5/c1-18-5-10-23-24(30(18)19(2)31)12-11-22(26(23)35-17-25(32)28(3)4)20-6-8-21(9-7-20)27(33)29-13-15-34-16-14-29/h6-9,11-12,18H,5,10,13-17H2,1-4H3. The third-order valence-corrected chi connectivity index (χ3v) is 6.67. The molecule has 8 nitrogen and oxygen atoms in total. The minimum Gasteiger partial charge on any atom is -0.483 e. The summed E-state index contributed by atoms with van der Waals surface area (Å²) in [5.41, 5.74) is 4.09. The minimum atomic E-state index is -0.146. The quantitative estimate of drug-likeness (QED) is 0.659. The summed E-state index contributed by atoms with van der Waals surface area (Å²) in [7, 11) is 3.38. The molecule has 35 heavy (non-hydrogen) atoms. The van der Waals surface area contributed by atoms with Gasteiger partial charge >= 0.3 is 0 Å². The van der Waals surface area contributed by atoms with Crippen LogP contribution in [-0.2, 0) is 20.7 Å². The van der Waals surface area contributed by atoms with Crippen LogP contribution >= 0.6 is 0 Å². The van der Waals surface area contributed by atoms with Gasteiger partial charge in [0.1, 0.15) is 5.75 Å². The molecule has 2 heterocycles. The van der Waals surface area contributed by atoms with Crippen molar-refractivity contribution in [2.75, 3.05) is 51.9 Å². The Hall–Kier alpha value is -3.39. The average molecular weight is 480 g/mol. The zero-order valence-corrected chi connectivity index (χ0v) is 20.9. The summed E-state index contributed by atoms with van der Waals surface area (Å²) in [6, 6.07) is 11.4. The lowest BCUT2D eigenvalue weighted by atomic mass is 9.91. The van der Waals surface area contributed by atoms with Gasteiger partial charge < -0.3 is 24.2 Å². The minimum absolute atomic E-state index is 0.00979. The van der Waals surface area contributed by atoms with E-state index in [2.05, 4.69) is 0 Å². The number of morpholine rings is 1. The Morgan fingerprint density at radius 1 is 1.06 bits per heavy atom. The highest BCUT2D eigenvalue weighted by Gasteiger charge is 2.30. The molecule has 1 saturated heterocycles. The number of hydrogen-bond acceptors (Lipinski definition) is 5. The first kappa shape index (κ1) is 24.7. The molecule has 2 aromatic rings. The van der Waals surface area contributed by atoms with Crippen molar-refractivity contribution in [1.29, 1.82) is 0 Å². The van der Waals surface area contributed by atoms with Gasteiger partial charge in [-0.15, -0.1) is 0 Å². The Morgan fingerprint density at radius 2 is 1.74 bits per heavy atom. The van der Waals surface area contributed by atoms with Gasteiger partial charge in [-0.3, -0.25) is 14.4 Å². The summed E-state index contributed by atoms with van der Waals surface area (Å²) < 4.78 is 11.5. The number of likely N-dealkylation sites (N-methyl/N-ethyl adjacent to an activating group) is 1. The molecule has 0 aliphatic carbocycles. The Morgan fingerprint density at radius 3 is 2.37 bits per heavy atom. The molecule has 2 aromatic carbocycles. The van der Waals surface area contributed by atoms with Crippen LogP contribution in [0.1, 0.15) is 36.2 Å². The number of anilines is 1. The van der Waals surface area contributed by atoms with Crippen molar-refractivity contribution in [2.24, 2.45) is 0 Å². The second kappa shape index (κ2) is 10.5. The number of fused-ring (bicyclic) bond motifs is 1. The van der Waals surface area contributed by atoms with E-state index in [-0.39, 0.29) is 30.4 Å². The molecular weight excluding hydrogens is 446 g/mol. The first-order valence-electron chi connectivity index (χ1n) is 12.0. The molecule has 0 saturated carbocycles. The van der Waals surface area contributed by atoms with Crippen molar-refractivity contribution < 1.29 is 23.9 Å². The van der Waals surface area contributed by atoms with E-state index >= 15 is 0 Å². The number of benzene rings is 2. The van der Waals surface area contributed by atoms with Crippen molar-refractivity contribution in [3.05, 3.63) is 47.5 Å². The van der Waals surface area contributed by atoms with Crippen molar-refractivity contribution in [2.45, 2.75) is 32.7 Å². The molecule has 0 bridgehead atoms. The molecule has 3 amide bonds. The second-order valence-electron chi connectivity index (χ2n) is 9.28. The average Bonchev–Trinajstić information content (AvgIpc) is 2.86. The van der Waals surface area contributed by atoms with E-state index in [1.807, 2.05) is 43.3 Å². The SMILES string of the molecule is CC(=O)N1c2ccc(-c3ccc(C(=O)N4CCOCC4)cc3)c(OCC(=O)N(C)C)c2CCC1C. The highest BCUT2D eigenvalue weighted by atomic mass is 16.5. The molecule has 0 radical (unpaired) electrons. The van der Waals surface area contributed by atoms with Gasteiger partial charge in [0.05, 0.1) is 18.9 Å². The Bertz CT molecular complexity index is 1110. The van der Waals surface area contributed by atoms with Crippen molar-refractivity contribution in [3.8, 4) is 16.9 Å². The van der Waals surface area contributed by atoms with Crippen LogP contribution < -0.4 is 9.64 Å². The summed E-state index contributed by atoms with van der Waals surface area (Å²) in [6.07, 6.45) is 1.55. The molecule has 0 aromatic heterocycles. The van der Waals surface area contributed by atoms with Crippen LogP contribution in [0.4, 0.5) is 5.69 Å². The molecule has 1 atom stereocenters. The fraction of sp³-hybridized carbons (Fsp3) is 0.444. The van der Waals surface area contributed by atoms with E-state index < -0.39 is 0 Å². The van der Waals surface area contributed by atoms with Crippen LogP contribution in [0.25, 0.3) is 11.1 Å². The largest absolute Gasteiger partial charge is 0.483 e. The number of carbonyl (C=O) groups is 3. The third-order valence-electron chi connectivity index (χ3n) is 6.67. The van der Waals surface area contributed by atoms with E-state index in [1.165, 1.54) is 4.90 Å². The highest BCUT2D eigenvalue weighted by Crippen LogP contribution is 2.43. The zero-order valence-electron chi connectivity index (χ0n) is 20.9. The Kier molecular flexibility index (Phi) is 7.40. The molecular formula is C27H33N3O5. The first-order chi connectivity index (χ1) is 16.8. The van der Waals surface area contributed by atoms with Gasteiger partial charge in [0.15, 0.2) is 6.61 Å². The molecule has 186 valence electrons. The monoisotopic (exact) mass is 479 g/mol. The predicted molar refractivity (Wildman–Crippen MR) is 134 cm³/mol. The molecule has 1 fully saturated rings. The van der Waals surface area contributed by atoms with E-state index in [0.717, 1.165) is 35.2 Å². The van der Waals surface area contributed by atoms with Crippen LogP contribution in [0.15, 0.2) is 36.4 Å². The molecule has 2 aliphatic heterocycles. The van der Waals surface area contributed by atoms with E-state index in [0.29, 0.717) is 37.6 Å². The molecule has 8 heteroatoms. The summed E-state index contributed by atoms with van der Waals surface area (Å²) >= 11 is 0. The van der Waals surface area contributed by atoms with Crippen molar-refractivity contribution >= 4 is 23.4 Å². The topological polar surface area (TPSA) is 79.4 Å². The number of carbonyl (C=O) groups excluding carboxylic acids is 3. The number of rotatable bonds is 5. The van der Waals surface area contributed by atoms with Crippen LogP contribution in [0.2, 0.25) is 0 Å². The van der Waals surface area contributed by atoms with E-state index in [1.54, 1.807) is 30.8 Å². The smallest absolute Gasteiger partial charge is 0.259 e. The number of hydrogen-bond donors (Lipinski definition) is 0. The van der Waals surface area contributed by atoms with Crippen molar-refractivity contribution in [1.82, 2.24) is 9.80 Å².